The lowest BCUT2D eigenvalue weighted by Crippen LogP contribution is -1.88. The molecule has 0 N–H and O–H groups in total. The van der Waals surface area contributed by atoms with Gasteiger partial charge in [-0.2, -0.15) is 0 Å². The van der Waals surface area contributed by atoms with E-state index in [9.17, 15) is 0 Å². The molecule has 0 unspecified atom stereocenters. The zero-order valence-electron chi connectivity index (χ0n) is 6.58. The molecule has 0 atom stereocenters. The summed E-state index contributed by atoms with van der Waals surface area (Å²) in [7, 11) is 0. The molecule has 0 fully saturated rings. The Bertz CT molecular complexity index is 385. The molecule has 60 valence electrons. The normalized spacial score (nSPS) is 10.5. The lowest BCUT2D eigenvalue weighted by molar-refractivity contribution is 1.21. The molecule has 2 aromatic rings. The summed E-state index contributed by atoms with van der Waals surface area (Å²) in [6.45, 7) is 2.01. The number of pyridine rings is 2. The monoisotopic (exact) mass is 270 g/mol. The second kappa shape index (κ2) is 2.97. The summed E-state index contributed by atoms with van der Waals surface area (Å²) in [5, 5.41) is 0. The topological polar surface area (TPSA) is 25.8 Å². The van der Waals surface area contributed by atoms with Crippen LogP contribution in [0.15, 0.2) is 24.4 Å². The predicted octanol–water partition coefficient (Wildman–Crippen LogP) is 2.54. The predicted molar refractivity (Wildman–Crippen MR) is 57.0 cm³/mol. The Morgan fingerprint density at radius 2 is 2.17 bits per heavy atom. The lowest BCUT2D eigenvalue weighted by atomic mass is 10.3. The van der Waals surface area contributed by atoms with Gasteiger partial charge in [0, 0.05) is 9.77 Å². The Balaban J connectivity index is 2.84. The van der Waals surface area contributed by atoms with Gasteiger partial charge in [0.2, 0.25) is 0 Å². The molecular weight excluding hydrogens is 263 g/mol. The molecule has 0 amide bonds. The van der Waals surface area contributed by atoms with Crippen LogP contribution in [0, 0.1) is 10.5 Å². The summed E-state index contributed by atoms with van der Waals surface area (Å²) in [5.74, 6) is 0. The molecule has 0 radical (unpaired) electrons. The Morgan fingerprint density at radius 3 is 3.00 bits per heavy atom. The highest BCUT2D eigenvalue weighted by molar-refractivity contribution is 14.1. The molecule has 2 rings (SSSR count). The summed E-state index contributed by atoms with van der Waals surface area (Å²) in [6, 6.07) is 5.94. The average molecular weight is 270 g/mol. The molecule has 0 bridgehead atoms. The van der Waals surface area contributed by atoms with E-state index in [-0.39, 0.29) is 0 Å². The van der Waals surface area contributed by atoms with E-state index in [0.717, 1.165) is 16.7 Å². The maximum absolute atomic E-state index is 4.41. The highest BCUT2D eigenvalue weighted by atomic mass is 127. The smallest absolute Gasteiger partial charge is 0.0897 e. The molecule has 12 heavy (non-hydrogen) atoms. The summed E-state index contributed by atoms with van der Waals surface area (Å²) in [5.41, 5.74) is 3.00. The number of nitrogens with zero attached hydrogens (tertiary/aromatic N) is 2. The minimum atomic E-state index is 0.965. The first-order valence-corrected chi connectivity index (χ1v) is 4.73. The Labute approximate surface area is 84.2 Å². The van der Waals surface area contributed by atoms with Gasteiger partial charge in [-0.3, -0.25) is 9.97 Å². The van der Waals surface area contributed by atoms with Crippen LogP contribution in [0.5, 0.6) is 0 Å². The van der Waals surface area contributed by atoms with Gasteiger partial charge in [-0.25, -0.2) is 0 Å². The van der Waals surface area contributed by atoms with Crippen LogP contribution < -0.4 is 0 Å². The molecule has 0 spiro atoms. The number of rotatable bonds is 0. The fraction of sp³-hybridized carbons (Fsp3) is 0.111. The molecule has 0 aliphatic heterocycles. The summed E-state index contributed by atoms with van der Waals surface area (Å²) >= 11 is 2.27. The van der Waals surface area contributed by atoms with E-state index in [2.05, 4.69) is 38.6 Å². The molecular formula is C9H7IN2. The molecule has 0 saturated carbocycles. The molecule has 0 aliphatic carbocycles. The third kappa shape index (κ3) is 1.29. The van der Waals surface area contributed by atoms with Crippen molar-refractivity contribution in [3.63, 3.8) is 0 Å². The zero-order valence-corrected chi connectivity index (χ0v) is 8.74. The lowest BCUT2D eigenvalue weighted by Gasteiger charge is -1.99. The van der Waals surface area contributed by atoms with E-state index in [1.807, 2.05) is 19.1 Å². The molecule has 2 aromatic heterocycles. The second-order valence-corrected chi connectivity index (χ2v) is 3.76. The van der Waals surface area contributed by atoms with Crippen LogP contribution >= 0.6 is 22.6 Å². The van der Waals surface area contributed by atoms with E-state index < -0.39 is 0 Å². The summed E-state index contributed by atoms with van der Waals surface area (Å²) in [6.07, 6.45) is 1.79. The van der Waals surface area contributed by atoms with Gasteiger partial charge >= 0.3 is 0 Å². The van der Waals surface area contributed by atoms with E-state index in [1.54, 1.807) is 6.20 Å². The maximum atomic E-state index is 4.41. The van der Waals surface area contributed by atoms with Gasteiger partial charge in [-0.1, -0.05) is 0 Å². The molecule has 2 nitrogen and oxygen atoms in total. The van der Waals surface area contributed by atoms with Gasteiger partial charge in [0.05, 0.1) is 16.7 Å². The van der Waals surface area contributed by atoms with Gasteiger partial charge in [-0.15, -0.1) is 0 Å². The van der Waals surface area contributed by atoms with Crippen molar-refractivity contribution in [2.45, 2.75) is 6.92 Å². The maximum Gasteiger partial charge on any atom is 0.0897 e. The molecule has 0 aromatic carbocycles. The third-order valence-electron chi connectivity index (χ3n) is 1.71. The molecule has 2 heterocycles. The van der Waals surface area contributed by atoms with Crippen LogP contribution in [0.3, 0.4) is 0 Å². The van der Waals surface area contributed by atoms with Crippen molar-refractivity contribution in [2.24, 2.45) is 0 Å². The van der Waals surface area contributed by atoms with Crippen molar-refractivity contribution in [2.75, 3.05) is 0 Å². The first-order chi connectivity index (χ1) is 5.77. The van der Waals surface area contributed by atoms with Crippen molar-refractivity contribution in [1.82, 2.24) is 9.97 Å². The van der Waals surface area contributed by atoms with Gasteiger partial charge in [-0.05, 0) is 47.7 Å². The molecule has 0 saturated heterocycles. The van der Waals surface area contributed by atoms with Gasteiger partial charge in [0.1, 0.15) is 0 Å². The van der Waals surface area contributed by atoms with E-state index in [1.165, 1.54) is 3.57 Å². The average Bonchev–Trinajstić information content (AvgIpc) is 2.07. The van der Waals surface area contributed by atoms with E-state index in [0.29, 0.717) is 0 Å². The quantitative estimate of drug-likeness (QED) is 0.687. The van der Waals surface area contributed by atoms with Gasteiger partial charge in [0.15, 0.2) is 0 Å². The second-order valence-electron chi connectivity index (χ2n) is 2.60. The summed E-state index contributed by atoms with van der Waals surface area (Å²) in [4.78, 5) is 8.62. The highest BCUT2D eigenvalue weighted by Crippen LogP contribution is 2.15. The zero-order chi connectivity index (χ0) is 8.55. The third-order valence-corrected chi connectivity index (χ3v) is 2.81. The number of aromatic nitrogens is 2. The summed E-state index contributed by atoms with van der Waals surface area (Å²) < 4.78 is 1.17. The van der Waals surface area contributed by atoms with Crippen LogP contribution in [0.25, 0.3) is 11.0 Å². The van der Waals surface area contributed by atoms with E-state index >= 15 is 0 Å². The number of halogens is 1. The van der Waals surface area contributed by atoms with Crippen LogP contribution in [-0.4, -0.2) is 9.97 Å². The first kappa shape index (κ1) is 7.91. The van der Waals surface area contributed by atoms with Crippen molar-refractivity contribution in [3.05, 3.63) is 33.7 Å². The number of fused-ring (bicyclic) bond motifs is 1. The van der Waals surface area contributed by atoms with Crippen LogP contribution in [0.4, 0.5) is 0 Å². The van der Waals surface area contributed by atoms with Crippen molar-refractivity contribution in [1.29, 1.82) is 0 Å². The highest BCUT2D eigenvalue weighted by Gasteiger charge is 1.99. The number of hydrogen-bond acceptors (Lipinski definition) is 2. The number of aryl methyl sites for hydroxylation is 1. The minimum absolute atomic E-state index is 0.965. The Morgan fingerprint density at radius 1 is 1.33 bits per heavy atom. The molecule has 0 aliphatic rings. The first-order valence-electron chi connectivity index (χ1n) is 3.65. The van der Waals surface area contributed by atoms with Gasteiger partial charge in [0.25, 0.3) is 0 Å². The van der Waals surface area contributed by atoms with Crippen LogP contribution in [0.2, 0.25) is 0 Å². The molecule has 3 heteroatoms. The number of hydrogen-bond donors (Lipinski definition) is 0. The van der Waals surface area contributed by atoms with Crippen LogP contribution in [-0.2, 0) is 0 Å². The van der Waals surface area contributed by atoms with Crippen molar-refractivity contribution in [3.8, 4) is 0 Å². The van der Waals surface area contributed by atoms with Crippen molar-refractivity contribution < 1.29 is 0 Å². The van der Waals surface area contributed by atoms with Crippen molar-refractivity contribution >= 4 is 33.6 Å². The fourth-order valence-corrected chi connectivity index (χ4v) is 1.49. The van der Waals surface area contributed by atoms with Crippen LogP contribution in [0.1, 0.15) is 5.69 Å². The minimum Gasteiger partial charge on any atom is -0.255 e. The Hall–Kier alpha value is -0.710. The fourth-order valence-electron chi connectivity index (χ4n) is 1.07. The van der Waals surface area contributed by atoms with E-state index in [4.69, 9.17) is 0 Å². The van der Waals surface area contributed by atoms with Gasteiger partial charge < -0.3 is 0 Å². The SMILES string of the molecule is Cc1nc2cccnc2cc1I. The standard InChI is InChI=1S/C9H7IN2/c1-6-7(10)5-9-8(12-6)3-2-4-11-9/h2-5H,1H3. The Kier molecular flexibility index (Phi) is 1.96. The largest absolute Gasteiger partial charge is 0.255 e.